The van der Waals surface area contributed by atoms with Crippen LogP contribution in [0.4, 0.5) is 10.1 Å². The van der Waals surface area contributed by atoms with Crippen LogP contribution in [0.15, 0.2) is 71.8 Å². The second-order valence-corrected chi connectivity index (χ2v) is 6.98. The fourth-order valence-electron chi connectivity index (χ4n) is 2.41. The number of halogens is 3. The van der Waals surface area contributed by atoms with Crippen molar-refractivity contribution in [2.24, 2.45) is 5.10 Å². The Balaban J connectivity index is 1.53. The van der Waals surface area contributed by atoms with Crippen molar-refractivity contribution < 1.29 is 23.5 Å². The zero-order valence-electron chi connectivity index (χ0n) is 16.1. The maximum absolute atomic E-state index is 13.6. The summed E-state index contributed by atoms with van der Waals surface area (Å²) < 4.78 is 18.8. The molecular formula is C22H14Cl2FN3O4. The Morgan fingerprint density at radius 2 is 1.62 bits per heavy atom. The van der Waals surface area contributed by atoms with Gasteiger partial charge in [-0.05, 0) is 54.1 Å². The number of amides is 2. The van der Waals surface area contributed by atoms with Crippen LogP contribution < -0.4 is 15.5 Å². The number of benzene rings is 3. The van der Waals surface area contributed by atoms with Crippen molar-refractivity contribution in [2.75, 3.05) is 5.32 Å². The summed E-state index contributed by atoms with van der Waals surface area (Å²) in [6, 6.07) is 16.1. The summed E-state index contributed by atoms with van der Waals surface area (Å²) in [5, 5.41) is 6.35. The molecule has 2 N–H and O–H groups in total. The SMILES string of the molecule is O=C(N/N=C\c1ccc(OC(=O)c2ccccc2F)cc1)C(=O)Nc1cccc(Cl)c1Cl. The van der Waals surface area contributed by atoms with Crippen LogP contribution in [0.3, 0.4) is 0 Å². The molecule has 10 heteroatoms. The molecule has 0 heterocycles. The molecule has 0 aliphatic carbocycles. The van der Waals surface area contributed by atoms with Gasteiger partial charge in [-0.2, -0.15) is 5.10 Å². The van der Waals surface area contributed by atoms with Gasteiger partial charge in [0.1, 0.15) is 11.6 Å². The molecule has 0 saturated carbocycles. The lowest BCUT2D eigenvalue weighted by Crippen LogP contribution is -2.32. The molecule has 0 radical (unpaired) electrons. The lowest BCUT2D eigenvalue weighted by atomic mass is 10.2. The van der Waals surface area contributed by atoms with Crippen LogP contribution >= 0.6 is 23.2 Å². The molecule has 0 aliphatic rings. The van der Waals surface area contributed by atoms with Gasteiger partial charge in [-0.1, -0.05) is 41.4 Å². The minimum Gasteiger partial charge on any atom is -0.423 e. The summed E-state index contributed by atoms with van der Waals surface area (Å²) >= 11 is 11.8. The van der Waals surface area contributed by atoms with E-state index < -0.39 is 23.6 Å². The average Bonchev–Trinajstić information content (AvgIpc) is 2.78. The maximum atomic E-state index is 13.6. The quantitative estimate of drug-likeness (QED) is 0.188. The fraction of sp³-hybridized carbons (Fsp3) is 0. The first-order valence-electron chi connectivity index (χ1n) is 9.00. The van der Waals surface area contributed by atoms with E-state index in [-0.39, 0.29) is 27.0 Å². The Morgan fingerprint density at radius 3 is 2.34 bits per heavy atom. The van der Waals surface area contributed by atoms with Crippen molar-refractivity contribution in [3.05, 3.63) is 93.7 Å². The minimum atomic E-state index is -1.02. The first-order chi connectivity index (χ1) is 15.3. The van der Waals surface area contributed by atoms with Crippen LogP contribution in [0.1, 0.15) is 15.9 Å². The molecule has 162 valence electrons. The summed E-state index contributed by atoms with van der Waals surface area (Å²) in [6.45, 7) is 0. The van der Waals surface area contributed by atoms with Gasteiger partial charge in [-0.25, -0.2) is 14.6 Å². The molecule has 2 amide bonds. The first kappa shape index (κ1) is 22.9. The molecule has 32 heavy (non-hydrogen) atoms. The standard InChI is InChI=1S/C22H14Cl2FN3O4/c23-16-5-3-7-18(19(16)24)27-20(29)21(30)28-26-12-13-8-10-14(11-9-13)32-22(31)15-4-1-2-6-17(15)25/h1-12H,(H,27,29)(H,28,30)/b26-12-. The van der Waals surface area contributed by atoms with Crippen molar-refractivity contribution in [3.8, 4) is 5.75 Å². The predicted octanol–water partition coefficient (Wildman–Crippen LogP) is 4.44. The van der Waals surface area contributed by atoms with E-state index in [1.165, 1.54) is 48.7 Å². The molecule has 0 unspecified atom stereocenters. The summed E-state index contributed by atoms with van der Waals surface area (Å²) in [5.74, 6) is -3.33. The monoisotopic (exact) mass is 473 g/mol. The Morgan fingerprint density at radius 1 is 0.906 bits per heavy atom. The molecule has 0 atom stereocenters. The van der Waals surface area contributed by atoms with Gasteiger partial charge in [0, 0.05) is 0 Å². The van der Waals surface area contributed by atoms with Crippen molar-refractivity contribution in [2.45, 2.75) is 0 Å². The third-order valence-electron chi connectivity index (χ3n) is 3.97. The number of anilines is 1. The number of hydrogen-bond donors (Lipinski definition) is 2. The molecule has 0 aromatic heterocycles. The van der Waals surface area contributed by atoms with Crippen LogP contribution in [0.25, 0.3) is 0 Å². The van der Waals surface area contributed by atoms with Crippen molar-refractivity contribution in [3.63, 3.8) is 0 Å². The maximum Gasteiger partial charge on any atom is 0.346 e. The van der Waals surface area contributed by atoms with Gasteiger partial charge in [0.05, 0.1) is 27.5 Å². The number of nitrogens with zero attached hydrogens (tertiary/aromatic N) is 1. The van der Waals surface area contributed by atoms with Crippen molar-refractivity contribution in [1.82, 2.24) is 5.43 Å². The Kier molecular flexibility index (Phi) is 7.54. The first-order valence-corrected chi connectivity index (χ1v) is 9.76. The zero-order valence-corrected chi connectivity index (χ0v) is 17.7. The molecule has 0 saturated heterocycles. The molecule has 3 aromatic rings. The van der Waals surface area contributed by atoms with Crippen LogP contribution in [0.5, 0.6) is 5.75 Å². The molecule has 0 fully saturated rings. The van der Waals surface area contributed by atoms with E-state index >= 15 is 0 Å². The van der Waals surface area contributed by atoms with Crippen molar-refractivity contribution in [1.29, 1.82) is 0 Å². The lowest BCUT2D eigenvalue weighted by molar-refractivity contribution is -0.136. The third-order valence-corrected chi connectivity index (χ3v) is 4.79. The molecule has 3 aromatic carbocycles. The highest BCUT2D eigenvalue weighted by Gasteiger charge is 2.15. The summed E-state index contributed by atoms with van der Waals surface area (Å²) in [5.41, 5.74) is 2.61. The fourth-order valence-corrected chi connectivity index (χ4v) is 2.75. The zero-order chi connectivity index (χ0) is 23.1. The second kappa shape index (κ2) is 10.5. The van der Waals surface area contributed by atoms with Gasteiger partial charge in [0.25, 0.3) is 0 Å². The second-order valence-electron chi connectivity index (χ2n) is 6.19. The van der Waals surface area contributed by atoms with Gasteiger partial charge >= 0.3 is 17.8 Å². The van der Waals surface area contributed by atoms with Gasteiger partial charge in [-0.3, -0.25) is 9.59 Å². The molecule has 0 bridgehead atoms. The molecule has 3 rings (SSSR count). The van der Waals surface area contributed by atoms with Gasteiger partial charge in [-0.15, -0.1) is 0 Å². The summed E-state index contributed by atoms with van der Waals surface area (Å²) in [7, 11) is 0. The molecular weight excluding hydrogens is 460 g/mol. The molecule has 7 nitrogen and oxygen atoms in total. The lowest BCUT2D eigenvalue weighted by Gasteiger charge is -2.07. The van der Waals surface area contributed by atoms with E-state index in [0.717, 1.165) is 6.07 Å². The number of hydrazone groups is 1. The van der Waals surface area contributed by atoms with E-state index in [0.29, 0.717) is 5.56 Å². The van der Waals surface area contributed by atoms with Gasteiger partial charge in [0.2, 0.25) is 0 Å². The third kappa shape index (κ3) is 5.90. The molecule has 0 spiro atoms. The Bertz CT molecular complexity index is 1200. The number of nitrogens with one attached hydrogen (secondary N) is 2. The topological polar surface area (TPSA) is 96.9 Å². The Hall–Kier alpha value is -3.75. The number of esters is 1. The van der Waals surface area contributed by atoms with E-state index in [1.54, 1.807) is 18.2 Å². The molecule has 0 aliphatic heterocycles. The number of carbonyl (C=O) groups excluding carboxylic acids is 3. The number of ether oxygens (including phenoxy) is 1. The van der Waals surface area contributed by atoms with E-state index in [2.05, 4.69) is 15.8 Å². The Labute approximate surface area is 191 Å². The van der Waals surface area contributed by atoms with E-state index in [4.69, 9.17) is 27.9 Å². The van der Waals surface area contributed by atoms with Crippen LogP contribution in [0, 0.1) is 5.82 Å². The number of hydrogen-bond acceptors (Lipinski definition) is 5. The largest absolute Gasteiger partial charge is 0.423 e. The summed E-state index contributed by atoms with van der Waals surface area (Å²) in [4.78, 5) is 35.8. The smallest absolute Gasteiger partial charge is 0.346 e. The van der Waals surface area contributed by atoms with Gasteiger partial charge < -0.3 is 10.1 Å². The minimum absolute atomic E-state index is 0.106. The average molecular weight is 474 g/mol. The van der Waals surface area contributed by atoms with E-state index in [9.17, 15) is 18.8 Å². The number of rotatable bonds is 5. The highest BCUT2D eigenvalue weighted by molar-refractivity contribution is 6.45. The predicted molar refractivity (Wildman–Crippen MR) is 119 cm³/mol. The highest BCUT2D eigenvalue weighted by Crippen LogP contribution is 2.29. The van der Waals surface area contributed by atoms with Crippen molar-refractivity contribution >= 4 is 52.9 Å². The van der Waals surface area contributed by atoms with Crippen LogP contribution in [-0.2, 0) is 9.59 Å². The number of carbonyl (C=O) groups is 3. The summed E-state index contributed by atoms with van der Waals surface area (Å²) in [6.07, 6.45) is 1.28. The van der Waals surface area contributed by atoms with Crippen LogP contribution in [-0.4, -0.2) is 24.0 Å². The van der Waals surface area contributed by atoms with Crippen LogP contribution in [0.2, 0.25) is 10.0 Å². The highest BCUT2D eigenvalue weighted by atomic mass is 35.5. The van der Waals surface area contributed by atoms with Gasteiger partial charge in [0.15, 0.2) is 0 Å². The normalized spacial score (nSPS) is 10.6. The van der Waals surface area contributed by atoms with E-state index in [1.807, 2.05) is 0 Å².